The zero-order valence-electron chi connectivity index (χ0n) is 18.2. The van der Waals surface area contributed by atoms with E-state index in [9.17, 15) is 4.79 Å². The van der Waals surface area contributed by atoms with E-state index in [1.807, 2.05) is 13.1 Å². The lowest BCUT2D eigenvalue weighted by Crippen LogP contribution is -2.34. The highest BCUT2D eigenvalue weighted by atomic mass is 32.2. The van der Waals surface area contributed by atoms with E-state index >= 15 is 0 Å². The van der Waals surface area contributed by atoms with Gasteiger partial charge in [0.2, 0.25) is 5.52 Å². The lowest BCUT2D eigenvalue weighted by molar-refractivity contribution is -0.665. The van der Waals surface area contributed by atoms with Gasteiger partial charge >= 0.3 is 0 Å². The number of nitrogens with zero attached hydrogens (tertiary/aromatic N) is 3. The van der Waals surface area contributed by atoms with Crippen molar-refractivity contribution >= 4 is 62.5 Å². The number of thiazole rings is 2. The molecule has 3 heterocycles. The molecule has 4 nitrogen and oxygen atoms in total. The van der Waals surface area contributed by atoms with Crippen LogP contribution in [-0.4, -0.2) is 11.1 Å². The highest BCUT2D eigenvalue weighted by Gasteiger charge is 2.22. The second-order valence-electron chi connectivity index (χ2n) is 7.45. The summed E-state index contributed by atoms with van der Waals surface area (Å²) in [7, 11) is 1.86. The molecule has 5 rings (SSSR count). The molecule has 0 fully saturated rings. The SMILES string of the molecule is CCN1C(=CC=c2sc(=Cc3sc4ccccc4[n+]3CC)n(C)c2=O)Sc2ccccc21. The second kappa shape index (κ2) is 8.73. The first-order valence-electron chi connectivity index (χ1n) is 10.7. The molecule has 0 aliphatic carbocycles. The van der Waals surface area contributed by atoms with Gasteiger partial charge in [0.15, 0.2) is 0 Å². The second-order valence-corrected chi connectivity index (χ2v) is 10.6. The summed E-state index contributed by atoms with van der Waals surface area (Å²) in [5.74, 6) is 0. The zero-order valence-corrected chi connectivity index (χ0v) is 20.7. The van der Waals surface area contributed by atoms with Crippen LogP contribution in [0.25, 0.3) is 22.4 Å². The third-order valence-electron chi connectivity index (χ3n) is 5.59. The summed E-state index contributed by atoms with van der Waals surface area (Å²) in [6.45, 7) is 6.10. The van der Waals surface area contributed by atoms with Gasteiger partial charge in [0, 0.05) is 24.6 Å². The fraction of sp³-hybridized carbons (Fsp3) is 0.200. The fourth-order valence-corrected chi connectivity index (χ4v) is 7.31. The summed E-state index contributed by atoms with van der Waals surface area (Å²) < 4.78 is 7.04. The number of fused-ring (bicyclic) bond motifs is 2. The van der Waals surface area contributed by atoms with E-state index in [-0.39, 0.29) is 5.56 Å². The molecule has 0 amide bonds. The van der Waals surface area contributed by atoms with E-state index in [1.54, 1.807) is 39.0 Å². The molecule has 0 bridgehead atoms. The Hall–Kier alpha value is -2.61. The van der Waals surface area contributed by atoms with Gasteiger partial charge in [-0.1, -0.05) is 47.4 Å². The number of para-hydroxylation sites is 2. The van der Waals surface area contributed by atoms with Crippen molar-refractivity contribution in [2.75, 3.05) is 11.4 Å². The summed E-state index contributed by atoms with van der Waals surface area (Å²) in [5, 5.41) is 2.32. The van der Waals surface area contributed by atoms with Gasteiger partial charge in [0.1, 0.15) is 15.9 Å². The molecular weight excluding hydrogens is 454 g/mol. The van der Waals surface area contributed by atoms with Crippen LogP contribution in [0.15, 0.2) is 69.3 Å². The minimum absolute atomic E-state index is 0.0471. The Morgan fingerprint density at radius 1 is 1.00 bits per heavy atom. The van der Waals surface area contributed by atoms with Crippen LogP contribution in [0.3, 0.4) is 0 Å². The van der Waals surface area contributed by atoms with E-state index in [0.29, 0.717) is 0 Å². The molecule has 0 saturated heterocycles. The number of thioether (sulfide) groups is 1. The average molecular weight is 479 g/mol. The minimum atomic E-state index is 0.0471. The molecule has 2 aromatic heterocycles. The summed E-state index contributed by atoms with van der Waals surface area (Å²) in [6, 6.07) is 16.9. The van der Waals surface area contributed by atoms with Crippen molar-refractivity contribution in [2.45, 2.75) is 25.3 Å². The fourth-order valence-electron chi connectivity index (χ4n) is 3.96. The number of benzene rings is 2. The number of rotatable bonds is 4. The van der Waals surface area contributed by atoms with Gasteiger partial charge in [-0.2, -0.15) is 4.57 Å². The maximum Gasteiger partial charge on any atom is 0.268 e. The first-order chi connectivity index (χ1) is 15.6. The van der Waals surface area contributed by atoms with Crippen LogP contribution in [0.4, 0.5) is 5.69 Å². The predicted octanol–water partition coefficient (Wildman–Crippen LogP) is 4.05. The van der Waals surface area contributed by atoms with Crippen molar-refractivity contribution < 1.29 is 4.57 Å². The molecule has 162 valence electrons. The van der Waals surface area contributed by atoms with Crippen molar-refractivity contribution in [1.82, 2.24) is 4.57 Å². The molecule has 0 atom stereocenters. The standard InChI is InChI=1S/C25H24N3OS3/c1-4-27-17-10-6-8-12-19(17)30-22(27)15-14-21-25(29)26(3)23(32-21)16-24-28(5-2)18-11-7-9-13-20(18)31-24/h6-16H,4-5H2,1-3H3/q+1. The van der Waals surface area contributed by atoms with Crippen molar-refractivity contribution in [3.63, 3.8) is 0 Å². The predicted molar refractivity (Wildman–Crippen MR) is 138 cm³/mol. The summed E-state index contributed by atoms with van der Waals surface area (Å²) in [4.78, 5) is 16.5. The van der Waals surface area contributed by atoms with E-state index in [4.69, 9.17) is 0 Å². The number of hydrogen-bond acceptors (Lipinski definition) is 5. The van der Waals surface area contributed by atoms with Gasteiger partial charge in [0.05, 0.1) is 21.3 Å². The highest BCUT2D eigenvalue weighted by Crippen LogP contribution is 2.45. The van der Waals surface area contributed by atoms with Crippen LogP contribution in [0, 0.1) is 0 Å². The Kier molecular flexibility index (Phi) is 5.80. The molecular formula is C25H24N3OS3+. The van der Waals surface area contributed by atoms with Crippen LogP contribution in [-0.2, 0) is 13.6 Å². The largest absolute Gasteiger partial charge is 0.335 e. The molecule has 4 aromatic rings. The topological polar surface area (TPSA) is 29.1 Å². The van der Waals surface area contributed by atoms with Crippen LogP contribution < -0.4 is 24.2 Å². The van der Waals surface area contributed by atoms with Gasteiger partial charge < -0.3 is 9.47 Å². The van der Waals surface area contributed by atoms with E-state index in [2.05, 4.69) is 84.0 Å². The molecule has 1 aliphatic heterocycles. The van der Waals surface area contributed by atoms with Crippen molar-refractivity contribution in [3.05, 3.63) is 84.2 Å². The molecule has 2 aromatic carbocycles. The van der Waals surface area contributed by atoms with E-state index in [1.165, 1.54) is 20.8 Å². The lowest BCUT2D eigenvalue weighted by Gasteiger charge is -2.17. The van der Waals surface area contributed by atoms with Crippen LogP contribution >= 0.6 is 34.4 Å². The lowest BCUT2D eigenvalue weighted by atomic mass is 10.3. The first-order valence-corrected chi connectivity index (χ1v) is 13.1. The molecule has 0 spiro atoms. The van der Waals surface area contributed by atoms with E-state index in [0.717, 1.165) is 32.3 Å². The van der Waals surface area contributed by atoms with Gasteiger partial charge in [0.25, 0.3) is 10.6 Å². The van der Waals surface area contributed by atoms with Crippen molar-refractivity contribution in [1.29, 1.82) is 0 Å². The van der Waals surface area contributed by atoms with Crippen LogP contribution in [0.1, 0.15) is 18.9 Å². The Balaban J connectivity index is 1.58. The smallest absolute Gasteiger partial charge is 0.268 e. The van der Waals surface area contributed by atoms with Gasteiger partial charge in [-0.3, -0.25) is 4.79 Å². The number of anilines is 1. The Bertz CT molecular complexity index is 1520. The zero-order chi connectivity index (χ0) is 22.2. The third kappa shape index (κ3) is 3.64. The van der Waals surface area contributed by atoms with Gasteiger partial charge in [-0.25, -0.2) is 0 Å². The van der Waals surface area contributed by atoms with Crippen LogP contribution in [0.2, 0.25) is 0 Å². The van der Waals surface area contributed by atoms with Gasteiger partial charge in [-0.05, 0) is 44.2 Å². The normalized spacial score (nSPS) is 16.0. The number of allylic oxidation sites excluding steroid dienone is 1. The summed E-state index contributed by atoms with van der Waals surface area (Å²) in [5.41, 5.74) is 2.52. The third-order valence-corrected chi connectivity index (χ3v) is 8.97. The monoisotopic (exact) mass is 478 g/mol. The molecule has 7 heteroatoms. The van der Waals surface area contributed by atoms with E-state index < -0.39 is 0 Å². The summed E-state index contributed by atoms with van der Waals surface area (Å²) >= 11 is 5.07. The molecule has 0 N–H and O–H groups in total. The molecule has 0 unspecified atom stereocenters. The number of hydrogen-bond donors (Lipinski definition) is 0. The number of aryl methyl sites for hydroxylation is 1. The average Bonchev–Trinajstić information content (AvgIpc) is 3.44. The molecule has 32 heavy (non-hydrogen) atoms. The highest BCUT2D eigenvalue weighted by molar-refractivity contribution is 8.03. The van der Waals surface area contributed by atoms with Gasteiger partial charge in [-0.15, -0.1) is 11.3 Å². The summed E-state index contributed by atoms with van der Waals surface area (Å²) in [6.07, 6.45) is 6.19. The Morgan fingerprint density at radius 2 is 1.78 bits per heavy atom. The Morgan fingerprint density at radius 3 is 2.59 bits per heavy atom. The maximum absolute atomic E-state index is 12.9. The maximum atomic E-state index is 12.9. The number of aromatic nitrogens is 2. The van der Waals surface area contributed by atoms with Crippen molar-refractivity contribution in [3.8, 4) is 0 Å². The molecule has 1 aliphatic rings. The molecule has 0 saturated carbocycles. The molecule has 0 radical (unpaired) electrons. The Labute approximate surface area is 199 Å². The van der Waals surface area contributed by atoms with Crippen molar-refractivity contribution in [2.24, 2.45) is 7.05 Å². The minimum Gasteiger partial charge on any atom is -0.335 e. The van der Waals surface area contributed by atoms with Crippen LogP contribution in [0.5, 0.6) is 0 Å². The quantitative estimate of drug-likeness (QED) is 0.415. The first kappa shape index (κ1) is 21.2.